The molecule has 1 saturated carbocycles. The highest BCUT2D eigenvalue weighted by atomic mass is 16.5. The van der Waals surface area contributed by atoms with Gasteiger partial charge in [-0.25, -0.2) is 0 Å². The van der Waals surface area contributed by atoms with Gasteiger partial charge in [0.1, 0.15) is 0 Å². The molecule has 1 aliphatic rings. The van der Waals surface area contributed by atoms with Gasteiger partial charge in [0.05, 0.1) is 27.2 Å². The van der Waals surface area contributed by atoms with Gasteiger partial charge in [0.2, 0.25) is 11.7 Å². The normalized spacial score (nSPS) is 19.1. The zero-order valence-corrected chi connectivity index (χ0v) is 14.1. The Labute approximate surface area is 140 Å². The van der Waals surface area contributed by atoms with E-state index in [2.05, 4.69) is 5.32 Å². The van der Waals surface area contributed by atoms with Gasteiger partial charge in [-0.3, -0.25) is 9.59 Å². The molecule has 2 N–H and O–H groups in total. The van der Waals surface area contributed by atoms with Crippen molar-refractivity contribution in [2.75, 3.05) is 21.3 Å². The number of methoxy groups -OCH3 is 3. The van der Waals surface area contributed by atoms with Crippen LogP contribution >= 0.6 is 0 Å². The van der Waals surface area contributed by atoms with E-state index < -0.39 is 5.97 Å². The fourth-order valence-electron chi connectivity index (χ4n) is 2.77. The van der Waals surface area contributed by atoms with Crippen LogP contribution in [0.2, 0.25) is 0 Å². The number of carbonyl (C=O) groups is 2. The standard InChI is InChI=1S/C17H23NO6/c1-22-13-6-10(7-14(23-2)16(13)24-3)4-5-15(19)18-12-8-11(9-12)17(20)21/h6-7,11-12H,4-5,8-9H2,1-3H3,(H,18,19)(H,20,21). The Morgan fingerprint density at radius 1 is 1.12 bits per heavy atom. The third-order valence-corrected chi connectivity index (χ3v) is 4.22. The number of nitrogens with one attached hydrogen (secondary N) is 1. The maximum Gasteiger partial charge on any atom is 0.306 e. The molecule has 1 aliphatic carbocycles. The molecule has 1 amide bonds. The van der Waals surface area contributed by atoms with Crippen LogP contribution in [0.4, 0.5) is 0 Å². The number of hydrogen-bond acceptors (Lipinski definition) is 5. The van der Waals surface area contributed by atoms with Crippen LogP contribution in [0.15, 0.2) is 12.1 Å². The second-order valence-corrected chi connectivity index (χ2v) is 5.80. The number of aliphatic carboxylic acids is 1. The summed E-state index contributed by atoms with van der Waals surface area (Å²) in [5, 5.41) is 11.7. The molecule has 1 aromatic rings. The van der Waals surface area contributed by atoms with Crippen molar-refractivity contribution in [2.24, 2.45) is 5.92 Å². The van der Waals surface area contributed by atoms with Crippen LogP contribution in [0, 0.1) is 5.92 Å². The van der Waals surface area contributed by atoms with E-state index in [-0.39, 0.29) is 17.9 Å². The largest absolute Gasteiger partial charge is 0.493 e. The van der Waals surface area contributed by atoms with Crippen molar-refractivity contribution in [2.45, 2.75) is 31.7 Å². The fourth-order valence-corrected chi connectivity index (χ4v) is 2.77. The van der Waals surface area contributed by atoms with Gasteiger partial charge in [0.15, 0.2) is 11.5 Å². The SMILES string of the molecule is COc1cc(CCC(=O)NC2CC(C(=O)O)C2)cc(OC)c1OC. The van der Waals surface area contributed by atoms with Gasteiger partial charge in [-0.1, -0.05) is 0 Å². The van der Waals surface area contributed by atoms with Crippen LogP contribution in [-0.2, 0) is 16.0 Å². The van der Waals surface area contributed by atoms with Crippen molar-refractivity contribution in [1.29, 1.82) is 0 Å². The Bertz CT molecular complexity index is 584. The van der Waals surface area contributed by atoms with Crippen molar-refractivity contribution < 1.29 is 28.9 Å². The summed E-state index contributed by atoms with van der Waals surface area (Å²) >= 11 is 0. The summed E-state index contributed by atoms with van der Waals surface area (Å²) in [5.41, 5.74) is 0.900. The molecule has 0 heterocycles. The second-order valence-electron chi connectivity index (χ2n) is 5.80. The molecular weight excluding hydrogens is 314 g/mol. The van der Waals surface area contributed by atoms with Gasteiger partial charge in [-0.15, -0.1) is 0 Å². The first kappa shape index (κ1) is 17.9. The van der Waals surface area contributed by atoms with Crippen molar-refractivity contribution in [1.82, 2.24) is 5.32 Å². The van der Waals surface area contributed by atoms with Gasteiger partial charge >= 0.3 is 5.97 Å². The Morgan fingerprint density at radius 3 is 2.17 bits per heavy atom. The molecule has 2 rings (SSSR count). The third kappa shape index (κ3) is 4.10. The summed E-state index contributed by atoms with van der Waals surface area (Å²) in [4.78, 5) is 22.7. The number of benzene rings is 1. The second kappa shape index (κ2) is 7.90. The van der Waals surface area contributed by atoms with E-state index in [1.165, 1.54) is 7.11 Å². The van der Waals surface area contributed by atoms with E-state index in [4.69, 9.17) is 19.3 Å². The first-order chi connectivity index (χ1) is 11.5. The number of aryl methyl sites for hydroxylation is 1. The van der Waals surface area contributed by atoms with Crippen LogP contribution in [-0.4, -0.2) is 44.4 Å². The average Bonchev–Trinajstić information content (AvgIpc) is 2.54. The minimum absolute atomic E-state index is 0.0291. The van der Waals surface area contributed by atoms with E-state index in [1.807, 2.05) is 12.1 Å². The minimum Gasteiger partial charge on any atom is -0.493 e. The first-order valence-corrected chi connectivity index (χ1v) is 7.79. The fraction of sp³-hybridized carbons (Fsp3) is 0.529. The summed E-state index contributed by atoms with van der Waals surface area (Å²) in [6.45, 7) is 0. The van der Waals surface area contributed by atoms with Crippen LogP contribution in [0.5, 0.6) is 17.2 Å². The summed E-state index contributed by atoms with van der Waals surface area (Å²) < 4.78 is 15.8. The molecule has 7 heteroatoms. The molecular formula is C17H23NO6. The summed E-state index contributed by atoms with van der Waals surface area (Å²) in [5.74, 6) is 0.411. The lowest BCUT2D eigenvalue weighted by Gasteiger charge is -2.32. The van der Waals surface area contributed by atoms with E-state index in [9.17, 15) is 9.59 Å². The zero-order chi connectivity index (χ0) is 17.7. The number of hydrogen-bond donors (Lipinski definition) is 2. The summed E-state index contributed by atoms with van der Waals surface area (Å²) in [7, 11) is 4.63. The van der Waals surface area contributed by atoms with Crippen LogP contribution in [0.25, 0.3) is 0 Å². The van der Waals surface area contributed by atoms with Gasteiger partial charge in [0.25, 0.3) is 0 Å². The van der Waals surface area contributed by atoms with Crippen LogP contribution < -0.4 is 19.5 Å². The number of carboxylic acid groups (broad SMARTS) is 1. The highest BCUT2D eigenvalue weighted by molar-refractivity contribution is 5.77. The Balaban J connectivity index is 1.90. The lowest BCUT2D eigenvalue weighted by Crippen LogP contribution is -2.46. The van der Waals surface area contributed by atoms with Crippen molar-refractivity contribution in [3.05, 3.63) is 17.7 Å². The molecule has 0 saturated heterocycles. The molecule has 132 valence electrons. The summed E-state index contributed by atoms with van der Waals surface area (Å²) in [6, 6.07) is 3.61. The monoisotopic (exact) mass is 337 g/mol. The highest BCUT2D eigenvalue weighted by Crippen LogP contribution is 2.38. The van der Waals surface area contributed by atoms with Gasteiger partial charge in [0, 0.05) is 12.5 Å². The van der Waals surface area contributed by atoms with Gasteiger partial charge in [-0.05, 0) is 37.0 Å². The molecule has 0 aliphatic heterocycles. The van der Waals surface area contributed by atoms with Crippen molar-refractivity contribution >= 4 is 11.9 Å². The number of amides is 1. The van der Waals surface area contributed by atoms with Crippen LogP contribution in [0.1, 0.15) is 24.8 Å². The van der Waals surface area contributed by atoms with E-state index in [0.717, 1.165) is 5.56 Å². The molecule has 0 unspecified atom stereocenters. The third-order valence-electron chi connectivity index (χ3n) is 4.22. The topological polar surface area (TPSA) is 94.1 Å². The molecule has 1 aromatic carbocycles. The molecule has 0 bridgehead atoms. The van der Waals surface area contributed by atoms with E-state index in [0.29, 0.717) is 42.9 Å². The molecule has 7 nitrogen and oxygen atoms in total. The molecule has 0 spiro atoms. The maximum absolute atomic E-state index is 12.0. The van der Waals surface area contributed by atoms with Crippen molar-refractivity contribution in [3.8, 4) is 17.2 Å². The molecule has 1 fully saturated rings. The molecule has 0 aromatic heterocycles. The van der Waals surface area contributed by atoms with Gasteiger partial charge in [-0.2, -0.15) is 0 Å². The molecule has 24 heavy (non-hydrogen) atoms. The van der Waals surface area contributed by atoms with Crippen molar-refractivity contribution in [3.63, 3.8) is 0 Å². The average molecular weight is 337 g/mol. The Kier molecular flexibility index (Phi) is 5.89. The number of rotatable bonds is 8. The predicted octanol–water partition coefficient (Wildman–Crippen LogP) is 1.62. The molecule has 0 radical (unpaired) electrons. The van der Waals surface area contributed by atoms with Gasteiger partial charge < -0.3 is 24.6 Å². The maximum atomic E-state index is 12.0. The van der Waals surface area contributed by atoms with E-state index >= 15 is 0 Å². The first-order valence-electron chi connectivity index (χ1n) is 7.79. The number of carbonyl (C=O) groups excluding carboxylic acids is 1. The number of ether oxygens (including phenoxy) is 3. The van der Waals surface area contributed by atoms with Crippen LogP contribution in [0.3, 0.4) is 0 Å². The predicted molar refractivity (Wildman–Crippen MR) is 86.7 cm³/mol. The zero-order valence-electron chi connectivity index (χ0n) is 14.1. The Hall–Kier alpha value is -2.44. The quantitative estimate of drug-likeness (QED) is 0.749. The van der Waals surface area contributed by atoms with E-state index in [1.54, 1.807) is 14.2 Å². The smallest absolute Gasteiger partial charge is 0.306 e. The minimum atomic E-state index is -0.794. The number of carboxylic acids is 1. The lowest BCUT2D eigenvalue weighted by atomic mass is 9.80. The summed E-state index contributed by atoms with van der Waals surface area (Å²) in [6.07, 6.45) is 1.85. The lowest BCUT2D eigenvalue weighted by molar-refractivity contribution is -0.146. The Morgan fingerprint density at radius 2 is 1.71 bits per heavy atom. The molecule has 0 atom stereocenters. The highest BCUT2D eigenvalue weighted by Gasteiger charge is 2.35.